The highest BCUT2D eigenvalue weighted by Gasteiger charge is 2.43. The maximum Gasteiger partial charge on any atom is 0.131 e. The smallest absolute Gasteiger partial charge is 0.131 e. The van der Waals surface area contributed by atoms with E-state index in [0.29, 0.717) is 5.92 Å². The van der Waals surface area contributed by atoms with Crippen molar-refractivity contribution in [2.75, 3.05) is 4.90 Å². The lowest BCUT2D eigenvalue weighted by Crippen LogP contribution is -2.24. The first kappa shape index (κ1) is 22.4. The third kappa shape index (κ3) is 3.21. The summed E-state index contributed by atoms with van der Waals surface area (Å²) in [4.78, 5) is 2.58. The van der Waals surface area contributed by atoms with Crippen molar-refractivity contribution in [1.82, 2.24) is 0 Å². The summed E-state index contributed by atoms with van der Waals surface area (Å²) < 4.78 is 6.38. The topological polar surface area (TPSA) is 12.5 Å². The molecule has 5 aromatic rings. The van der Waals surface area contributed by atoms with Gasteiger partial charge in [-0.15, -0.1) is 0 Å². The highest BCUT2D eigenvalue weighted by Crippen LogP contribution is 2.58. The van der Waals surface area contributed by atoms with Crippen molar-refractivity contribution in [2.45, 2.75) is 31.2 Å². The van der Waals surface area contributed by atoms with Crippen LogP contribution in [0.25, 0.3) is 17.2 Å². The Bertz CT molecular complexity index is 1780. The fraction of sp³-hybridized carbons (Fsp3) is 0.135. The van der Waals surface area contributed by atoms with Crippen LogP contribution >= 0.6 is 0 Å². The molecule has 2 heterocycles. The number of nitrogens with zero attached hydrogens (tertiary/aromatic N) is 1. The van der Waals surface area contributed by atoms with Crippen molar-refractivity contribution in [2.24, 2.45) is 0 Å². The van der Waals surface area contributed by atoms with E-state index in [9.17, 15) is 0 Å². The minimum atomic E-state index is -0.160. The first-order valence-electron chi connectivity index (χ1n) is 13.8. The van der Waals surface area contributed by atoms with Gasteiger partial charge in [-0.05, 0) is 52.6 Å². The number of hydrogen-bond donors (Lipinski definition) is 0. The van der Waals surface area contributed by atoms with Crippen molar-refractivity contribution >= 4 is 17.5 Å². The number of anilines is 2. The second kappa shape index (κ2) is 8.22. The van der Waals surface area contributed by atoms with Gasteiger partial charge in [0.2, 0.25) is 0 Å². The van der Waals surface area contributed by atoms with Crippen LogP contribution in [0.1, 0.15) is 53.6 Å². The monoisotopic (exact) mass is 503 g/mol. The van der Waals surface area contributed by atoms with Gasteiger partial charge in [-0.2, -0.15) is 0 Å². The Hall–Kier alpha value is -4.56. The Morgan fingerprint density at radius 2 is 1.41 bits per heavy atom. The van der Waals surface area contributed by atoms with Gasteiger partial charge in [0.25, 0.3) is 0 Å². The number of para-hydroxylation sites is 3. The first-order valence-corrected chi connectivity index (χ1v) is 13.8. The molecule has 2 aliphatic heterocycles. The number of hydrogen-bond acceptors (Lipinski definition) is 2. The molecular weight excluding hydrogens is 474 g/mol. The summed E-state index contributed by atoms with van der Waals surface area (Å²) in [5.41, 5.74) is 11.4. The van der Waals surface area contributed by atoms with Crippen LogP contribution in [0, 0.1) is 0 Å². The molecule has 0 N–H and O–H groups in total. The van der Waals surface area contributed by atoms with Gasteiger partial charge in [0, 0.05) is 33.7 Å². The van der Waals surface area contributed by atoms with Crippen LogP contribution in [0.3, 0.4) is 0 Å². The zero-order valence-electron chi connectivity index (χ0n) is 22.1. The molecule has 0 bridgehead atoms. The molecule has 3 aliphatic rings. The highest BCUT2D eigenvalue weighted by molar-refractivity contribution is 5.90. The Morgan fingerprint density at radius 1 is 0.667 bits per heavy atom. The molecule has 0 saturated heterocycles. The Labute approximate surface area is 229 Å². The highest BCUT2D eigenvalue weighted by atomic mass is 16.5. The number of fused-ring (bicyclic) bond motifs is 7. The van der Waals surface area contributed by atoms with Crippen molar-refractivity contribution < 1.29 is 4.74 Å². The van der Waals surface area contributed by atoms with E-state index in [-0.39, 0.29) is 11.5 Å². The fourth-order valence-corrected chi connectivity index (χ4v) is 6.97. The van der Waals surface area contributed by atoms with Crippen LogP contribution < -0.4 is 9.64 Å². The van der Waals surface area contributed by atoms with Gasteiger partial charge < -0.3 is 9.64 Å². The fourth-order valence-electron chi connectivity index (χ4n) is 6.97. The quantitative estimate of drug-likeness (QED) is 0.238. The van der Waals surface area contributed by atoms with Crippen LogP contribution in [0.4, 0.5) is 11.4 Å². The normalized spacial score (nSPS) is 19.3. The Kier molecular flexibility index (Phi) is 4.73. The average Bonchev–Trinajstić information content (AvgIpc) is 3.33. The Balaban J connectivity index is 1.34. The third-order valence-corrected chi connectivity index (χ3v) is 8.86. The summed E-state index contributed by atoms with van der Waals surface area (Å²) in [6, 6.07) is 41.9. The van der Waals surface area contributed by atoms with Gasteiger partial charge in [-0.1, -0.05) is 111 Å². The molecule has 0 spiro atoms. The summed E-state index contributed by atoms with van der Waals surface area (Å²) >= 11 is 0. The molecule has 8 rings (SSSR count). The first-order chi connectivity index (χ1) is 19.1. The predicted molar refractivity (Wildman–Crippen MR) is 160 cm³/mol. The van der Waals surface area contributed by atoms with Crippen molar-refractivity contribution in [1.29, 1.82) is 0 Å². The number of rotatable bonds is 2. The molecular formula is C37H29NO. The van der Waals surface area contributed by atoms with Gasteiger partial charge in [0.15, 0.2) is 0 Å². The van der Waals surface area contributed by atoms with E-state index in [1.54, 1.807) is 0 Å². The summed E-state index contributed by atoms with van der Waals surface area (Å²) in [7, 11) is 0. The van der Waals surface area contributed by atoms with Gasteiger partial charge in [0.05, 0.1) is 11.7 Å². The molecule has 0 amide bonds. The van der Waals surface area contributed by atoms with Crippen molar-refractivity contribution in [3.8, 4) is 22.6 Å². The largest absolute Gasteiger partial charge is 0.457 e. The van der Waals surface area contributed by atoms with Gasteiger partial charge in [-0.3, -0.25) is 0 Å². The molecule has 2 heteroatoms. The predicted octanol–water partition coefficient (Wildman–Crippen LogP) is 9.79. The maximum atomic E-state index is 6.38. The summed E-state index contributed by atoms with van der Waals surface area (Å²) in [5.74, 6) is 2.19. The molecule has 2 atom stereocenters. The lowest BCUT2D eigenvalue weighted by molar-refractivity contribution is 0.418. The van der Waals surface area contributed by atoms with Crippen LogP contribution in [-0.2, 0) is 5.41 Å². The van der Waals surface area contributed by atoms with Crippen molar-refractivity contribution in [3.05, 3.63) is 149 Å². The lowest BCUT2D eigenvalue weighted by atomic mass is 9.75. The molecule has 0 saturated carbocycles. The molecule has 2 unspecified atom stereocenters. The minimum Gasteiger partial charge on any atom is -0.457 e. The molecule has 0 fully saturated rings. The number of benzene rings is 5. The maximum absolute atomic E-state index is 6.38. The summed E-state index contributed by atoms with van der Waals surface area (Å²) in [5, 5.41) is 0. The molecule has 39 heavy (non-hydrogen) atoms. The number of ether oxygens (including phenoxy) is 1. The molecule has 5 aromatic carbocycles. The molecule has 0 aromatic heterocycles. The van der Waals surface area contributed by atoms with E-state index >= 15 is 0 Å². The zero-order chi connectivity index (χ0) is 26.1. The van der Waals surface area contributed by atoms with E-state index in [1.165, 1.54) is 50.3 Å². The molecule has 188 valence electrons. The minimum absolute atomic E-state index is 0.160. The second-order valence-corrected chi connectivity index (χ2v) is 11.3. The van der Waals surface area contributed by atoms with E-state index in [2.05, 4.69) is 140 Å². The van der Waals surface area contributed by atoms with E-state index < -0.39 is 0 Å². The Morgan fingerprint density at radius 3 is 2.31 bits per heavy atom. The van der Waals surface area contributed by atoms with Crippen LogP contribution in [0.5, 0.6) is 11.5 Å². The average molecular weight is 504 g/mol. The van der Waals surface area contributed by atoms with Gasteiger partial charge in [0.1, 0.15) is 11.5 Å². The third-order valence-electron chi connectivity index (χ3n) is 8.86. The van der Waals surface area contributed by atoms with Crippen LogP contribution in [-0.4, -0.2) is 0 Å². The van der Waals surface area contributed by atoms with Crippen LogP contribution in [0.15, 0.2) is 121 Å². The van der Waals surface area contributed by atoms with E-state index in [1.807, 2.05) is 6.07 Å². The zero-order valence-corrected chi connectivity index (χ0v) is 22.1. The molecule has 1 aliphatic carbocycles. The summed E-state index contributed by atoms with van der Waals surface area (Å²) in [6.07, 6.45) is 4.71. The SMILES string of the molecule is CC1(C)c2ccccc2Oc2ccc(-c3cccc4c3N(c3ccccc3)C3c5ccccc5C=CC43)cc21. The van der Waals surface area contributed by atoms with Crippen LogP contribution in [0.2, 0.25) is 0 Å². The van der Waals surface area contributed by atoms with Gasteiger partial charge >= 0.3 is 0 Å². The molecule has 0 radical (unpaired) electrons. The molecule has 2 nitrogen and oxygen atoms in total. The van der Waals surface area contributed by atoms with Gasteiger partial charge in [-0.25, -0.2) is 0 Å². The van der Waals surface area contributed by atoms with E-state index in [4.69, 9.17) is 4.74 Å². The summed E-state index contributed by atoms with van der Waals surface area (Å²) in [6.45, 7) is 4.61. The van der Waals surface area contributed by atoms with Crippen molar-refractivity contribution in [3.63, 3.8) is 0 Å². The second-order valence-electron chi connectivity index (χ2n) is 11.3. The van der Waals surface area contributed by atoms with E-state index in [0.717, 1.165) is 11.5 Å². The lowest BCUT2D eigenvalue weighted by Gasteiger charge is -2.35. The standard InChI is InChI=1S/C37H29NO/c1-37(2)31-17-8-9-18-33(31)39-34-22-20-25(23-32(34)37)28-15-10-16-29-30-21-19-24-11-6-7-14-27(24)35(30)38(36(28)29)26-12-4-3-5-13-26/h3-23,30,35H,1-2H3.